The van der Waals surface area contributed by atoms with Crippen LogP contribution >= 0.6 is 11.6 Å². The van der Waals surface area contributed by atoms with Gasteiger partial charge in [0, 0.05) is 18.2 Å². The number of halogens is 1. The standard InChI is InChI=1S/C11H16ClN3O/c1-7(13)4-5-15-10-3-2-8(11(14)16)6-9(10)12/h2-3,6-7,15H,4-5,13H2,1H3,(H2,14,16). The van der Waals surface area contributed by atoms with Gasteiger partial charge >= 0.3 is 0 Å². The SMILES string of the molecule is CC(N)CCNc1ccc(C(N)=O)cc1Cl. The molecule has 0 aliphatic heterocycles. The number of hydrogen-bond donors (Lipinski definition) is 3. The van der Waals surface area contributed by atoms with E-state index < -0.39 is 5.91 Å². The van der Waals surface area contributed by atoms with Gasteiger partial charge in [0.05, 0.1) is 10.7 Å². The van der Waals surface area contributed by atoms with Crippen LogP contribution in [0.15, 0.2) is 18.2 Å². The predicted molar refractivity (Wildman–Crippen MR) is 66.7 cm³/mol. The number of primary amides is 1. The minimum Gasteiger partial charge on any atom is -0.384 e. The summed E-state index contributed by atoms with van der Waals surface area (Å²) in [4.78, 5) is 10.9. The van der Waals surface area contributed by atoms with E-state index in [9.17, 15) is 4.79 Å². The Kier molecular flexibility index (Phi) is 4.58. The molecule has 1 rings (SSSR count). The highest BCUT2D eigenvalue weighted by Crippen LogP contribution is 2.22. The summed E-state index contributed by atoms with van der Waals surface area (Å²) in [6, 6.07) is 5.08. The Morgan fingerprint density at radius 2 is 2.25 bits per heavy atom. The monoisotopic (exact) mass is 241 g/mol. The van der Waals surface area contributed by atoms with E-state index in [2.05, 4.69) is 5.32 Å². The molecule has 0 bridgehead atoms. The summed E-state index contributed by atoms with van der Waals surface area (Å²) in [5.74, 6) is -0.482. The van der Waals surface area contributed by atoms with Gasteiger partial charge in [-0.25, -0.2) is 0 Å². The van der Waals surface area contributed by atoms with Gasteiger partial charge < -0.3 is 16.8 Å². The second kappa shape index (κ2) is 5.72. The highest BCUT2D eigenvalue weighted by molar-refractivity contribution is 6.33. The third-order valence-corrected chi connectivity index (χ3v) is 2.48. The summed E-state index contributed by atoms with van der Waals surface area (Å²) >= 11 is 5.99. The number of carbonyl (C=O) groups is 1. The van der Waals surface area contributed by atoms with Crippen LogP contribution in [0.1, 0.15) is 23.7 Å². The smallest absolute Gasteiger partial charge is 0.248 e. The predicted octanol–water partition coefficient (Wildman–Crippen LogP) is 1.59. The van der Waals surface area contributed by atoms with Crippen LogP contribution in [0.3, 0.4) is 0 Å². The first-order valence-electron chi connectivity index (χ1n) is 5.09. The summed E-state index contributed by atoms with van der Waals surface area (Å²) in [7, 11) is 0. The van der Waals surface area contributed by atoms with E-state index in [-0.39, 0.29) is 6.04 Å². The van der Waals surface area contributed by atoms with Gasteiger partial charge in [0.2, 0.25) is 5.91 Å². The minimum atomic E-state index is -0.482. The topological polar surface area (TPSA) is 81.1 Å². The first-order valence-corrected chi connectivity index (χ1v) is 5.47. The Balaban J connectivity index is 2.64. The molecule has 0 fully saturated rings. The molecule has 0 aliphatic rings. The number of nitrogens with two attached hydrogens (primary N) is 2. The molecule has 0 aromatic heterocycles. The van der Waals surface area contributed by atoms with Gasteiger partial charge in [-0.05, 0) is 31.5 Å². The van der Waals surface area contributed by atoms with Crippen LogP contribution in [0.25, 0.3) is 0 Å². The third-order valence-electron chi connectivity index (χ3n) is 2.17. The van der Waals surface area contributed by atoms with Crippen molar-refractivity contribution in [1.82, 2.24) is 0 Å². The number of anilines is 1. The normalized spacial score (nSPS) is 12.2. The van der Waals surface area contributed by atoms with E-state index in [0.717, 1.165) is 18.7 Å². The molecule has 1 aromatic carbocycles. The molecule has 0 spiro atoms. The Hall–Kier alpha value is -1.26. The van der Waals surface area contributed by atoms with Gasteiger partial charge in [0.25, 0.3) is 0 Å². The average Bonchev–Trinajstić information content (AvgIpc) is 2.19. The second-order valence-corrected chi connectivity index (χ2v) is 4.16. The molecule has 4 nitrogen and oxygen atoms in total. The first-order chi connectivity index (χ1) is 7.50. The molecule has 0 heterocycles. The Morgan fingerprint density at radius 3 is 2.75 bits per heavy atom. The molecule has 1 unspecified atom stereocenters. The fourth-order valence-electron chi connectivity index (χ4n) is 1.25. The maximum atomic E-state index is 10.9. The van der Waals surface area contributed by atoms with Gasteiger partial charge in [-0.3, -0.25) is 4.79 Å². The van der Waals surface area contributed by atoms with Crippen molar-refractivity contribution >= 4 is 23.2 Å². The van der Waals surface area contributed by atoms with Gasteiger partial charge in [-0.1, -0.05) is 11.6 Å². The van der Waals surface area contributed by atoms with Gasteiger partial charge in [0.15, 0.2) is 0 Å². The molecular weight excluding hydrogens is 226 g/mol. The van der Waals surface area contributed by atoms with Crippen LogP contribution in [0.2, 0.25) is 5.02 Å². The fourth-order valence-corrected chi connectivity index (χ4v) is 1.49. The van der Waals surface area contributed by atoms with Crippen LogP contribution in [0.4, 0.5) is 5.69 Å². The molecule has 16 heavy (non-hydrogen) atoms. The number of rotatable bonds is 5. The maximum Gasteiger partial charge on any atom is 0.248 e. The zero-order valence-electron chi connectivity index (χ0n) is 9.16. The van der Waals surface area contributed by atoms with Gasteiger partial charge in [-0.15, -0.1) is 0 Å². The third kappa shape index (κ3) is 3.72. The highest BCUT2D eigenvalue weighted by Gasteiger charge is 2.05. The fraction of sp³-hybridized carbons (Fsp3) is 0.364. The molecular formula is C11H16ClN3O. The van der Waals surface area contributed by atoms with E-state index >= 15 is 0 Å². The van der Waals surface area contributed by atoms with E-state index in [4.69, 9.17) is 23.1 Å². The molecule has 0 radical (unpaired) electrons. The summed E-state index contributed by atoms with van der Waals surface area (Å²) in [6.07, 6.45) is 0.855. The molecule has 1 amide bonds. The number of hydrogen-bond acceptors (Lipinski definition) is 3. The van der Waals surface area contributed by atoms with Crippen molar-refractivity contribution in [2.24, 2.45) is 11.5 Å². The van der Waals surface area contributed by atoms with E-state index in [1.807, 2.05) is 6.92 Å². The van der Waals surface area contributed by atoms with Crippen LogP contribution < -0.4 is 16.8 Å². The van der Waals surface area contributed by atoms with Crippen molar-refractivity contribution in [2.75, 3.05) is 11.9 Å². The van der Waals surface area contributed by atoms with Crippen LogP contribution in [-0.2, 0) is 0 Å². The van der Waals surface area contributed by atoms with Crippen molar-refractivity contribution in [1.29, 1.82) is 0 Å². The molecule has 0 aliphatic carbocycles. The minimum absolute atomic E-state index is 0.149. The molecule has 0 saturated carbocycles. The number of benzene rings is 1. The zero-order valence-corrected chi connectivity index (χ0v) is 9.92. The lowest BCUT2D eigenvalue weighted by Crippen LogP contribution is -2.19. The highest BCUT2D eigenvalue weighted by atomic mass is 35.5. The van der Waals surface area contributed by atoms with Crippen molar-refractivity contribution in [3.8, 4) is 0 Å². The maximum absolute atomic E-state index is 10.9. The second-order valence-electron chi connectivity index (χ2n) is 3.75. The van der Waals surface area contributed by atoms with E-state index in [0.29, 0.717) is 10.6 Å². The van der Waals surface area contributed by atoms with E-state index in [1.165, 1.54) is 0 Å². The molecule has 5 N–H and O–H groups in total. The van der Waals surface area contributed by atoms with Crippen molar-refractivity contribution in [3.05, 3.63) is 28.8 Å². The Bertz CT molecular complexity index is 379. The van der Waals surface area contributed by atoms with Crippen LogP contribution in [-0.4, -0.2) is 18.5 Å². The molecule has 1 aromatic rings. The summed E-state index contributed by atoms with van der Waals surface area (Å²) in [5, 5.41) is 3.63. The lowest BCUT2D eigenvalue weighted by Gasteiger charge is -2.10. The lowest BCUT2D eigenvalue weighted by molar-refractivity contribution is 0.100. The zero-order chi connectivity index (χ0) is 12.1. The average molecular weight is 242 g/mol. The van der Waals surface area contributed by atoms with Crippen molar-refractivity contribution < 1.29 is 4.79 Å². The summed E-state index contributed by atoms with van der Waals surface area (Å²) in [5.41, 5.74) is 12.0. The molecule has 88 valence electrons. The Labute approximate surface area is 100.0 Å². The molecule has 1 atom stereocenters. The van der Waals surface area contributed by atoms with Crippen molar-refractivity contribution in [3.63, 3.8) is 0 Å². The molecule has 5 heteroatoms. The summed E-state index contributed by atoms with van der Waals surface area (Å²) < 4.78 is 0. The largest absolute Gasteiger partial charge is 0.384 e. The first kappa shape index (κ1) is 12.8. The quantitative estimate of drug-likeness (QED) is 0.732. The van der Waals surface area contributed by atoms with E-state index in [1.54, 1.807) is 18.2 Å². The summed E-state index contributed by atoms with van der Waals surface area (Å²) in [6.45, 7) is 2.69. The Morgan fingerprint density at radius 1 is 1.56 bits per heavy atom. The van der Waals surface area contributed by atoms with Gasteiger partial charge in [-0.2, -0.15) is 0 Å². The molecule has 0 saturated heterocycles. The van der Waals surface area contributed by atoms with Crippen molar-refractivity contribution in [2.45, 2.75) is 19.4 Å². The van der Waals surface area contributed by atoms with Gasteiger partial charge in [0.1, 0.15) is 0 Å². The number of carbonyl (C=O) groups excluding carboxylic acids is 1. The lowest BCUT2D eigenvalue weighted by atomic mass is 10.2. The number of nitrogens with one attached hydrogen (secondary N) is 1. The number of amides is 1. The van der Waals surface area contributed by atoms with Crippen LogP contribution in [0.5, 0.6) is 0 Å². The van der Waals surface area contributed by atoms with Crippen LogP contribution in [0, 0.1) is 0 Å².